The number of rotatable bonds is 3. The molecule has 0 bridgehead atoms. The highest BCUT2D eigenvalue weighted by Crippen LogP contribution is 2.30. The summed E-state index contributed by atoms with van der Waals surface area (Å²) < 4.78 is 0. The van der Waals surface area contributed by atoms with Crippen molar-refractivity contribution >= 4 is 17.3 Å². The van der Waals surface area contributed by atoms with Crippen molar-refractivity contribution < 1.29 is 9.90 Å². The van der Waals surface area contributed by atoms with Crippen LogP contribution < -0.4 is 0 Å². The van der Waals surface area contributed by atoms with Gasteiger partial charge in [-0.05, 0) is 29.0 Å². The third kappa shape index (κ3) is 2.41. The van der Waals surface area contributed by atoms with Gasteiger partial charge >= 0.3 is 5.97 Å². The van der Waals surface area contributed by atoms with E-state index in [0.717, 1.165) is 25.1 Å². The quantitative estimate of drug-likeness (QED) is 0.934. The van der Waals surface area contributed by atoms with E-state index in [1.807, 2.05) is 35.2 Å². The molecule has 4 heteroatoms. The van der Waals surface area contributed by atoms with Gasteiger partial charge in [0.1, 0.15) is 6.04 Å². The summed E-state index contributed by atoms with van der Waals surface area (Å²) in [5, 5.41) is 11.6. The smallest absolute Gasteiger partial charge is 0.325 e. The number of hydrogen-bond donors (Lipinski definition) is 1. The predicted molar refractivity (Wildman–Crippen MR) is 75.3 cm³/mol. The van der Waals surface area contributed by atoms with E-state index in [1.165, 1.54) is 10.4 Å². The summed E-state index contributed by atoms with van der Waals surface area (Å²) in [4.78, 5) is 15.1. The van der Waals surface area contributed by atoms with Crippen LogP contribution in [-0.4, -0.2) is 22.5 Å². The van der Waals surface area contributed by atoms with Crippen LogP contribution in [0.25, 0.3) is 0 Å². The lowest BCUT2D eigenvalue weighted by molar-refractivity contribution is -0.144. The second kappa shape index (κ2) is 5.15. The zero-order valence-corrected chi connectivity index (χ0v) is 11.3. The SMILES string of the molecule is O=C(O)C(c1ccccc1)N1CCc2sccc2C1. The monoisotopic (exact) mass is 273 g/mol. The molecule has 3 nitrogen and oxygen atoms in total. The molecule has 0 aliphatic carbocycles. The summed E-state index contributed by atoms with van der Waals surface area (Å²) in [6, 6.07) is 11.0. The fourth-order valence-corrected chi connectivity index (χ4v) is 3.53. The zero-order chi connectivity index (χ0) is 13.2. The van der Waals surface area contributed by atoms with Gasteiger partial charge in [0.25, 0.3) is 0 Å². The maximum atomic E-state index is 11.6. The van der Waals surface area contributed by atoms with Crippen molar-refractivity contribution in [2.24, 2.45) is 0 Å². The molecular weight excluding hydrogens is 258 g/mol. The van der Waals surface area contributed by atoms with Crippen molar-refractivity contribution in [2.45, 2.75) is 19.0 Å². The van der Waals surface area contributed by atoms with Crippen LogP contribution in [0.1, 0.15) is 22.0 Å². The van der Waals surface area contributed by atoms with Crippen LogP contribution in [0.2, 0.25) is 0 Å². The van der Waals surface area contributed by atoms with Gasteiger partial charge in [0, 0.05) is 18.0 Å². The summed E-state index contributed by atoms with van der Waals surface area (Å²) in [6.45, 7) is 1.53. The second-order valence-electron chi connectivity index (χ2n) is 4.74. The molecule has 1 aromatic carbocycles. The minimum absolute atomic E-state index is 0.547. The standard InChI is InChI=1S/C15H15NO2S/c17-15(18)14(11-4-2-1-3-5-11)16-8-6-13-12(10-16)7-9-19-13/h1-5,7,9,14H,6,8,10H2,(H,17,18). The number of carboxylic acid groups (broad SMARTS) is 1. The van der Waals surface area contributed by atoms with E-state index in [-0.39, 0.29) is 0 Å². The Morgan fingerprint density at radius 1 is 1.26 bits per heavy atom. The van der Waals surface area contributed by atoms with Crippen LogP contribution in [0.3, 0.4) is 0 Å². The Morgan fingerprint density at radius 2 is 2.05 bits per heavy atom. The van der Waals surface area contributed by atoms with Gasteiger partial charge in [-0.2, -0.15) is 0 Å². The van der Waals surface area contributed by atoms with Crippen LogP contribution in [0.4, 0.5) is 0 Å². The first-order chi connectivity index (χ1) is 9.25. The molecule has 0 fully saturated rings. The summed E-state index contributed by atoms with van der Waals surface area (Å²) >= 11 is 1.77. The van der Waals surface area contributed by atoms with E-state index in [2.05, 4.69) is 11.4 Å². The van der Waals surface area contributed by atoms with E-state index < -0.39 is 12.0 Å². The fourth-order valence-electron chi connectivity index (χ4n) is 2.64. The van der Waals surface area contributed by atoms with Crippen molar-refractivity contribution in [2.75, 3.05) is 6.54 Å². The first kappa shape index (κ1) is 12.4. The lowest BCUT2D eigenvalue weighted by Gasteiger charge is -2.32. The van der Waals surface area contributed by atoms with Gasteiger partial charge < -0.3 is 5.11 Å². The molecule has 0 amide bonds. The fraction of sp³-hybridized carbons (Fsp3) is 0.267. The van der Waals surface area contributed by atoms with Crippen molar-refractivity contribution in [3.63, 3.8) is 0 Å². The van der Waals surface area contributed by atoms with E-state index in [0.29, 0.717) is 0 Å². The molecule has 3 rings (SSSR count). The van der Waals surface area contributed by atoms with E-state index in [4.69, 9.17) is 0 Å². The molecule has 1 unspecified atom stereocenters. The maximum absolute atomic E-state index is 11.6. The number of benzene rings is 1. The normalized spacial score (nSPS) is 16.8. The first-order valence-corrected chi connectivity index (χ1v) is 7.21. The van der Waals surface area contributed by atoms with Gasteiger partial charge in [-0.1, -0.05) is 30.3 Å². The van der Waals surface area contributed by atoms with Crippen LogP contribution in [0, 0.1) is 0 Å². The molecule has 0 saturated carbocycles. The second-order valence-corrected chi connectivity index (χ2v) is 5.74. The van der Waals surface area contributed by atoms with Crippen molar-refractivity contribution in [1.29, 1.82) is 0 Å². The molecule has 1 atom stereocenters. The largest absolute Gasteiger partial charge is 0.480 e. The average molecular weight is 273 g/mol. The van der Waals surface area contributed by atoms with Gasteiger partial charge in [-0.15, -0.1) is 11.3 Å². The van der Waals surface area contributed by atoms with Crippen molar-refractivity contribution in [3.8, 4) is 0 Å². The Kier molecular flexibility index (Phi) is 3.36. The number of aliphatic carboxylic acids is 1. The third-order valence-corrected chi connectivity index (χ3v) is 4.57. The van der Waals surface area contributed by atoms with Gasteiger partial charge in [0.05, 0.1) is 0 Å². The summed E-state index contributed by atoms with van der Waals surface area (Å²) in [6.07, 6.45) is 0.948. The molecule has 1 aromatic heterocycles. The molecule has 1 aliphatic heterocycles. The summed E-state index contributed by atoms with van der Waals surface area (Å²) in [5.74, 6) is -0.773. The Bertz CT molecular complexity index is 579. The molecular formula is C15H15NO2S. The molecule has 1 N–H and O–H groups in total. The summed E-state index contributed by atoms with van der Waals surface area (Å²) in [5.41, 5.74) is 2.13. The number of nitrogens with zero attached hydrogens (tertiary/aromatic N) is 1. The van der Waals surface area contributed by atoms with Crippen LogP contribution >= 0.6 is 11.3 Å². The highest BCUT2D eigenvalue weighted by Gasteiger charge is 2.30. The van der Waals surface area contributed by atoms with Crippen molar-refractivity contribution in [3.05, 3.63) is 57.8 Å². The minimum atomic E-state index is -0.773. The van der Waals surface area contributed by atoms with E-state index in [1.54, 1.807) is 11.3 Å². The topological polar surface area (TPSA) is 40.5 Å². The van der Waals surface area contributed by atoms with Gasteiger partial charge in [0.2, 0.25) is 0 Å². The van der Waals surface area contributed by atoms with Gasteiger partial charge in [0.15, 0.2) is 0 Å². The molecule has 0 spiro atoms. The molecule has 98 valence electrons. The van der Waals surface area contributed by atoms with Crippen LogP contribution in [0.5, 0.6) is 0 Å². The number of fused-ring (bicyclic) bond motifs is 1. The number of hydrogen-bond acceptors (Lipinski definition) is 3. The Labute approximate surface area is 116 Å². The number of carboxylic acids is 1. The Morgan fingerprint density at radius 3 is 2.79 bits per heavy atom. The van der Waals surface area contributed by atoms with E-state index >= 15 is 0 Å². The first-order valence-electron chi connectivity index (χ1n) is 6.33. The molecule has 2 heterocycles. The average Bonchev–Trinajstić information content (AvgIpc) is 2.87. The molecule has 0 saturated heterocycles. The lowest BCUT2D eigenvalue weighted by atomic mass is 10.0. The van der Waals surface area contributed by atoms with Gasteiger partial charge in [-0.3, -0.25) is 9.69 Å². The summed E-state index contributed by atoms with van der Waals surface area (Å²) in [7, 11) is 0. The molecule has 19 heavy (non-hydrogen) atoms. The zero-order valence-electron chi connectivity index (χ0n) is 10.5. The predicted octanol–water partition coefficient (Wildman–Crippen LogP) is 2.93. The third-order valence-electron chi connectivity index (χ3n) is 3.55. The molecule has 0 radical (unpaired) electrons. The number of carbonyl (C=O) groups is 1. The van der Waals surface area contributed by atoms with Crippen LogP contribution in [0.15, 0.2) is 41.8 Å². The van der Waals surface area contributed by atoms with Gasteiger partial charge in [-0.25, -0.2) is 0 Å². The maximum Gasteiger partial charge on any atom is 0.325 e. The lowest BCUT2D eigenvalue weighted by Crippen LogP contribution is -2.37. The highest BCUT2D eigenvalue weighted by molar-refractivity contribution is 7.10. The van der Waals surface area contributed by atoms with Crippen molar-refractivity contribution in [1.82, 2.24) is 4.90 Å². The Hall–Kier alpha value is -1.65. The highest BCUT2D eigenvalue weighted by atomic mass is 32.1. The number of thiophene rings is 1. The molecule has 1 aliphatic rings. The van der Waals surface area contributed by atoms with E-state index in [9.17, 15) is 9.90 Å². The Balaban J connectivity index is 1.89. The molecule has 2 aromatic rings. The minimum Gasteiger partial charge on any atom is -0.480 e. The van der Waals surface area contributed by atoms with Crippen LogP contribution in [-0.2, 0) is 17.8 Å².